The van der Waals surface area contributed by atoms with Gasteiger partial charge in [-0.15, -0.1) is 0 Å². The summed E-state index contributed by atoms with van der Waals surface area (Å²) in [7, 11) is 0. The topological polar surface area (TPSA) is 29.5 Å². The monoisotopic (exact) mass is 665 g/mol. The molecule has 11 rings (SSSR count). The molecule has 0 amide bonds. The molecule has 0 saturated carbocycles. The van der Waals surface area contributed by atoms with Crippen LogP contribution in [0.5, 0.6) is 0 Å². The molecule has 0 bridgehead atoms. The van der Waals surface area contributed by atoms with Gasteiger partial charge in [0.25, 0.3) is 0 Å². The zero-order chi connectivity index (χ0) is 34.2. The van der Waals surface area contributed by atoms with Crippen LogP contribution in [0.15, 0.2) is 197 Å². The molecule has 0 spiro atoms. The minimum absolute atomic E-state index is 0.460. The highest BCUT2D eigenvalue weighted by Gasteiger charge is 2.46. The van der Waals surface area contributed by atoms with Crippen LogP contribution in [-0.2, 0) is 5.41 Å². The summed E-state index contributed by atoms with van der Waals surface area (Å²) in [6.45, 7) is 0. The number of anilines is 3. The zero-order valence-electron chi connectivity index (χ0n) is 28.2. The van der Waals surface area contributed by atoms with Crippen molar-refractivity contribution in [2.24, 2.45) is 0 Å². The van der Waals surface area contributed by atoms with E-state index in [0.29, 0.717) is 0 Å². The molecule has 52 heavy (non-hydrogen) atoms. The third-order valence-electron chi connectivity index (χ3n) is 10.9. The minimum atomic E-state index is -0.460. The summed E-state index contributed by atoms with van der Waals surface area (Å²) in [5.41, 5.74) is 13.6. The molecule has 0 saturated heterocycles. The van der Waals surface area contributed by atoms with E-state index in [2.05, 4.69) is 169 Å². The molecule has 244 valence electrons. The molecular weight excluding hydrogens is 635 g/mol. The molecule has 2 heterocycles. The second kappa shape index (κ2) is 11.1. The van der Waals surface area contributed by atoms with Crippen molar-refractivity contribution in [1.29, 1.82) is 0 Å². The first kappa shape index (κ1) is 28.9. The molecule has 0 radical (unpaired) electrons. The summed E-state index contributed by atoms with van der Waals surface area (Å²) in [4.78, 5) is 2.33. The SMILES string of the molecule is c1ccc(C2(c3ccccc3)c3ccccc3-c3cc(N(c4ccc5c(c4)oc4ccccc45)c4ccc5c(c4)oc4ccccc45)ccc32)cc1. The first-order valence-electron chi connectivity index (χ1n) is 17.8. The molecule has 8 aromatic carbocycles. The van der Waals surface area contributed by atoms with Gasteiger partial charge in [0.1, 0.15) is 22.3 Å². The van der Waals surface area contributed by atoms with Crippen molar-refractivity contribution in [1.82, 2.24) is 0 Å². The van der Waals surface area contributed by atoms with E-state index in [1.165, 1.54) is 33.4 Å². The van der Waals surface area contributed by atoms with Crippen LogP contribution in [0.25, 0.3) is 55.0 Å². The van der Waals surface area contributed by atoms with Crippen LogP contribution in [0.2, 0.25) is 0 Å². The fourth-order valence-corrected chi connectivity index (χ4v) is 8.73. The molecule has 10 aromatic rings. The summed E-state index contributed by atoms with van der Waals surface area (Å²) in [6.07, 6.45) is 0. The van der Waals surface area contributed by atoms with Crippen molar-refractivity contribution in [3.8, 4) is 11.1 Å². The number of rotatable bonds is 5. The number of nitrogens with zero attached hydrogens (tertiary/aromatic N) is 1. The second-order valence-electron chi connectivity index (χ2n) is 13.7. The van der Waals surface area contributed by atoms with E-state index in [4.69, 9.17) is 8.83 Å². The molecule has 0 atom stereocenters. The van der Waals surface area contributed by atoms with E-state index in [9.17, 15) is 0 Å². The van der Waals surface area contributed by atoms with Crippen LogP contribution in [0.3, 0.4) is 0 Å². The summed E-state index contributed by atoms with van der Waals surface area (Å²) in [5.74, 6) is 0. The molecule has 0 unspecified atom stereocenters. The molecule has 1 aliphatic rings. The van der Waals surface area contributed by atoms with Gasteiger partial charge in [0.15, 0.2) is 0 Å². The smallest absolute Gasteiger partial charge is 0.137 e. The van der Waals surface area contributed by atoms with Crippen LogP contribution >= 0.6 is 0 Å². The lowest BCUT2D eigenvalue weighted by molar-refractivity contribution is 0.669. The normalized spacial score (nSPS) is 13.2. The molecular formula is C49H31NO2. The largest absolute Gasteiger partial charge is 0.456 e. The van der Waals surface area contributed by atoms with Gasteiger partial charge in [0.2, 0.25) is 0 Å². The number of para-hydroxylation sites is 2. The highest BCUT2D eigenvalue weighted by molar-refractivity contribution is 6.08. The van der Waals surface area contributed by atoms with Gasteiger partial charge in [-0.2, -0.15) is 0 Å². The van der Waals surface area contributed by atoms with E-state index < -0.39 is 5.41 Å². The van der Waals surface area contributed by atoms with Crippen LogP contribution < -0.4 is 4.90 Å². The summed E-state index contributed by atoms with van der Waals surface area (Å²) < 4.78 is 12.9. The fourth-order valence-electron chi connectivity index (χ4n) is 8.73. The number of furan rings is 2. The van der Waals surface area contributed by atoms with Gasteiger partial charge in [-0.25, -0.2) is 0 Å². The quantitative estimate of drug-likeness (QED) is 0.183. The average Bonchev–Trinajstić information content (AvgIpc) is 3.86. The number of hydrogen-bond donors (Lipinski definition) is 0. The predicted octanol–water partition coefficient (Wildman–Crippen LogP) is 13.3. The van der Waals surface area contributed by atoms with Gasteiger partial charge in [-0.05, 0) is 81.9 Å². The summed E-state index contributed by atoms with van der Waals surface area (Å²) in [6, 6.07) is 67.3. The highest BCUT2D eigenvalue weighted by Crippen LogP contribution is 2.57. The molecule has 0 N–H and O–H groups in total. The Kier molecular flexibility index (Phi) is 6.17. The first-order chi connectivity index (χ1) is 25.8. The molecule has 3 heteroatoms. The Bertz CT molecular complexity index is 2820. The van der Waals surface area contributed by atoms with Gasteiger partial charge in [-0.3, -0.25) is 0 Å². The van der Waals surface area contributed by atoms with Crippen molar-refractivity contribution >= 4 is 60.9 Å². The maximum Gasteiger partial charge on any atom is 0.137 e. The lowest BCUT2D eigenvalue weighted by atomic mass is 9.68. The summed E-state index contributed by atoms with van der Waals surface area (Å²) in [5, 5.41) is 4.44. The maximum absolute atomic E-state index is 6.43. The molecule has 1 aliphatic carbocycles. The first-order valence-corrected chi connectivity index (χ1v) is 17.8. The van der Waals surface area contributed by atoms with E-state index in [1.54, 1.807) is 0 Å². The third-order valence-corrected chi connectivity index (χ3v) is 10.9. The van der Waals surface area contributed by atoms with Gasteiger partial charge in [0, 0.05) is 50.7 Å². The Hall–Kier alpha value is -6.84. The van der Waals surface area contributed by atoms with Crippen molar-refractivity contribution < 1.29 is 8.83 Å². The Labute approximate surface area is 300 Å². The van der Waals surface area contributed by atoms with Gasteiger partial charge in [0.05, 0.1) is 5.41 Å². The lowest BCUT2D eigenvalue weighted by Gasteiger charge is -2.34. The standard InChI is InChI=1S/C49H31NO2/c1-3-13-32(14-4-1)49(33-15-5-2-6-16-33)43-20-10-7-17-37(43)42-29-34(25-28-44(42)49)50(35-23-26-40-38-18-8-11-21-45(38)51-47(40)30-35)36-24-27-41-39-19-9-12-22-46(39)52-48(41)31-36/h1-31H. The molecule has 0 aliphatic heterocycles. The van der Waals surface area contributed by atoms with Crippen LogP contribution in [0, 0.1) is 0 Å². The molecule has 2 aromatic heterocycles. The van der Waals surface area contributed by atoms with Crippen molar-refractivity contribution in [3.63, 3.8) is 0 Å². The fraction of sp³-hybridized carbons (Fsp3) is 0.0204. The molecule has 0 fully saturated rings. The van der Waals surface area contributed by atoms with E-state index in [-0.39, 0.29) is 0 Å². The van der Waals surface area contributed by atoms with E-state index in [0.717, 1.165) is 60.9 Å². The second-order valence-corrected chi connectivity index (χ2v) is 13.7. The number of hydrogen-bond acceptors (Lipinski definition) is 3. The van der Waals surface area contributed by atoms with Crippen LogP contribution in [0.1, 0.15) is 22.3 Å². The van der Waals surface area contributed by atoms with Crippen LogP contribution in [0.4, 0.5) is 17.1 Å². The predicted molar refractivity (Wildman–Crippen MR) is 213 cm³/mol. The van der Waals surface area contributed by atoms with Crippen molar-refractivity contribution in [3.05, 3.63) is 210 Å². The summed E-state index contributed by atoms with van der Waals surface area (Å²) >= 11 is 0. The number of fused-ring (bicyclic) bond motifs is 9. The zero-order valence-corrected chi connectivity index (χ0v) is 28.2. The minimum Gasteiger partial charge on any atom is -0.456 e. The molecule has 3 nitrogen and oxygen atoms in total. The van der Waals surface area contributed by atoms with Crippen LogP contribution in [-0.4, -0.2) is 0 Å². The van der Waals surface area contributed by atoms with Gasteiger partial charge >= 0.3 is 0 Å². The Morgan fingerprint density at radius 2 is 0.769 bits per heavy atom. The highest BCUT2D eigenvalue weighted by atomic mass is 16.3. The van der Waals surface area contributed by atoms with Crippen molar-refractivity contribution in [2.75, 3.05) is 4.90 Å². The Morgan fingerprint density at radius 3 is 1.37 bits per heavy atom. The van der Waals surface area contributed by atoms with E-state index >= 15 is 0 Å². The Morgan fingerprint density at radius 1 is 0.327 bits per heavy atom. The Balaban J connectivity index is 1.17. The third kappa shape index (κ3) is 4.08. The average molecular weight is 666 g/mol. The van der Waals surface area contributed by atoms with Gasteiger partial charge < -0.3 is 13.7 Å². The maximum atomic E-state index is 6.43. The van der Waals surface area contributed by atoms with Gasteiger partial charge in [-0.1, -0.05) is 127 Å². The van der Waals surface area contributed by atoms with Crippen molar-refractivity contribution in [2.45, 2.75) is 5.41 Å². The van der Waals surface area contributed by atoms with E-state index in [1.807, 2.05) is 24.3 Å². The number of benzene rings is 8. The lowest BCUT2D eigenvalue weighted by Crippen LogP contribution is -2.28.